The van der Waals surface area contributed by atoms with Crippen LogP contribution in [0.4, 0.5) is 15.8 Å². The maximum atomic E-state index is 13.5. The Morgan fingerprint density at radius 1 is 1.15 bits per heavy atom. The molecule has 144 valence electrons. The fourth-order valence-corrected chi connectivity index (χ4v) is 3.35. The first-order chi connectivity index (χ1) is 13.0. The van der Waals surface area contributed by atoms with Gasteiger partial charge in [0.1, 0.15) is 11.6 Å². The van der Waals surface area contributed by atoms with E-state index in [0.29, 0.717) is 11.4 Å². The van der Waals surface area contributed by atoms with Crippen molar-refractivity contribution in [1.82, 2.24) is 4.90 Å². The number of methoxy groups -OCH3 is 1. The number of hydrogen-bond donors (Lipinski definition) is 1. The van der Waals surface area contributed by atoms with Crippen LogP contribution in [0.2, 0.25) is 0 Å². The number of amides is 1. The minimum absolute atomic E-state index is 0.177. The lowest BCUT2D eigenvalue weighted by Gasteiger charge is -2.35. The van der Waals surface area contributed by atoms with Crippen LogP contribution in [0, 0.1) is 12.7 Å². The van der Waals surface area contributed by atoms with Gasteiger partial charge in [0.05, 0.1) is 12.7 Å². The van der Waals surface area contributed by atoms with Gasteiger partial charge in [0, 0.05) is 37.6 Å². The highest BCUT2D eigenvalue weighted by molar-refractivity contribution is 6.06. The first-order valence-corrected chi connectivity index (χ1v) is 9.24. The van der Waals surface area contributed by atoms with Crippen molar-refractivity contribution in [2.75, 3.05) is 50.1 Å². The van der Waals surface area contributed by atoms with E-state index in [-0.39, 0.29) is 5.56 Å². The lowest BCUT2D eigenvalue weighted by atomic mass is 10.1. The van der Waals surface area contributed by atoms with Gasteiger partial charge in [-0.3, -0.25) is 4.79 Å². The number of ether oxygens (including phenoxy) is 1. The van der Waals surface area contributed by atoms with Gasteiger partial charge in [-0.05, 0) is 55.4 Å². The van der Waals surface area contributed by atoms with E-state index in [0.717, 1.165) is 44.0 Å². The van der Waals surface area contributed by atoms with Gasteiger partial charge in [-0.2, -0.15) is 0 Å². The van der Waals surface area contributed by atoms with Crippen molar-refractivity contribution in [1.29, 1.82) is 0 Å². The summed E-state index contributed by atoms with van der Waals surface area (Å²) in [5.74, 6) is -0.519. The summed E-state index contributed by atoms with van der Waals surface area (Å²) in [6.45, 7) is 9.36. The summed E-state index contributed by atoms with van der Waals surface area (Å²) in [6.07, 6.45) is 0. The second kappa shape index (κ2) is 8.39. The van der Waals surface area contributed by atoms with E-state index < -0.39 is 11.7 Å². The van der Waals surface area contributed by atoms with Gasteiger partial charge < -0.3 is 19.9 Å². The molecule has 3 rings (SSSR count). The Hall–Kier alpha value is -2.60. The Morgan fingerprint density at radius 3 is 2.52 bits per heavy atom. The van der Waals surface area contributed by atoms with Gasteiger partial charge in [0.2, 0.25) is 0 Å². The molecule has 27 heavy (non-hydrogen) atoms. The minimum atomic E-state index is -0.473. The average Bonchev–Trinajstić information content (AvgIpc) is 2.69. The van der Waals surface area contributed by atoms with Crippen LogP contribution in [-0.2, 0) is 0 Å². The molecule has 1 N–H and O–H groups in total. The predicted octanol–water partition coefficient (Wildman–Crippen LogP) is 3.54. The smallest absolute Gasteiger partial charge is 0.259 e. The van der Waals surface area contributed by atoms with Crippen LogP contribution >= 0.6 is 0 Å². The second-order valence-electron chi connectivity index (χ2n) is 6.72. The Kier molecular flexibility index (Phi) is 5.96. The Balaban J connectivity index is 1.73. The third-order valence-corrected chi connectivity index (χ3v) is 5.05. The number of carbonyl (C=O) groups is 1. The van der Waals surface area contributed by atoms with Crippen molar-refractivity contribution in [2.24, 2.45) is 0 Å². The summed E-state index contributed by atoms with van der Waals surface area (Å²) >= 11 is 0. The molecule has 2 aromatic rings. The van der Waals surface area contributed by atoms with Gasteiger partial charge in [-0.15, -0.1) is 0 Å². The number of halogens is 1. The third-order valence-electron chi connectivity index (χ3n) is 5.05. The summed E-state index contributed by atoms with van der Waals surface area (Å²) < 4.78 is 18.7. The number of nitrogens with zero attached hydrogens (tertiary/aromatic N) is 2. The SMILES string of the molecule is CCN1CCN(c2ccc(NC(=O)c3cc(F)ccc3OC)c(C)c2)CC1. The number of carbonyl (C=O) groups excluding carboxylic acids is 1. The average molecular weight is 371 g/mol. The molecule has 1 heterocycles. The highest BCUT2D eigenvalue weighted by Gasteiger charge is 2.18. The molecule has 0 aromatic heterocycles. The fourth-order valence-electron chi connectivity index (χ4n) is 3.35. The number of anilines is 2. The molecule has 6 heteroatoms. The topological polar surface area (TPSA) is 44.8 Å². The molecule has 0 saturated carbocycles. The van der Waals surface area contributed by atoms with E-state index in [4.69, 9.17) is 4.74 Å². The molecule has 1 aliphatic rings. The fraction of sp³-hybridized carbons (Fsp3) is 0.381. The largest absolute Gasteiger partial charge is 0.496 e. The molecular weight excluding hydrogens is 345 g/mol. The predicted molar refractivity (Wildman–Crippen MR) is 106 cm³/mol. The molecular formula is C21H26FN3O2. The Morgan fingerprint density at radius 2 is 1.89 bits per heavy atom. The number of aryl methyl sites for hydroxylation is 1. The summed E-state index contributed by atoms with van der Waals surface area (Å²) in [7, 11) is 1.46. The molecule has 1 fully saturated rings. The van der Waals surface area contributed by atoms with Crippen molar-refractivity contribution < 1.29 is 13.9 Å². The third kappa shape index (κ3) is 4.39. The van der Waals surface area contributed by atoms with Crippen LogP contribution in [-0.4, -0.2) is 50.6 Å². The number of hydrogen-bond acceptors (Lipinski definition) is 4. The molecule has 0 aliphatic carbocycles. The summed E-state index contributed by atoms with van der Waals surface area (Å²) in [4.78, 5) is 17.4. The van der Waals surface area contributed by atoms with Gasteiger partial charge in [0.25, 0.3) is 5.91 Å². The number of likely N-dealkylation sites (N-methyl/N-ethyl adjacent to an activating group) is 1. The maximum Gasteiger partial charge on any atom is 0.259 e. The van der Waals surface area contributed by atoms with E-state index >= 15 is 0 Å². The van der Waals surface area contributed by atoms with Crippen molar-refractivity contribution in [3.8, 4) is 5.75 Å². The summed E-state index contributed by atoms with van der Waals surface area (Å²) in [5, 5.41) is 2.86. The van der Waals surface area contributed by atoms with Crippen molar-refractivity contribution in [3.05, 3.63) is 53.3 Å². The molecule has 1 saturated heterocycles. The first kappa shape index (κ1) is 19.2. The van der Waals surface area contributed by atoms with Gasteiger partial charge >= 0.3 is 0 Å². The summed E-state index contributed by atoms with van der Waals surface area (Å²) in [6, 6.07) is 9.92. The van der Waals surface area contributed by atoms with E-state index in [2.05, 4.69) is 28.1 Å². The number of benzene rings is 2. The normalized spacial score (nSPS) is 14.9. The van der Waals surface area contributed by atoms with Crippen LogP contribution < -0.4 is 15.0 Å². The number of nitrogens with one attached hydrogen (secondary N) is 1. The van der Waals surface area contributed by atoms with Crippen LogP contribution in [0.3, 0.4) is 0 Å². The zero-order valence-electron chi connectivity index (χ0n) is 16.1. The minimum Gasteiger partial charge on any atom is -0.496 e. The zero-order valence-corrected chi connectivity index (χ0v) is 16.1. The van der Waals surface area contributed by atoms with Crippen molar-refractivity contribution in [2.45, 2.75) is 13.8 Å². The molecule has 1 amide bonds. The first-order valence-electron chi connectivity index (χ1n) is 9.24. The lowest BCUT2D eigenvalue weighted by molar-refractivity contribution is 0.102. The van der Waals surface area contributed by atoms with Gasteiger partial charge in [0.15, 0.2) is 0 Å². The Labute approximate surface area is 159 Å². The zero-order chi connectivity index (χ0) is 19.4. The quantitative estimate of drug-likeness (QED) is 0.873. The molecule has 0 bridgehead atoms. The van der Waals surface area contributed by atoms with E-state index in [1.165, 1.54) is 25.3 Å². The van der Waals surface area contributed by atoms with E-state index in [1.54, 1.807) is 0 Å². The monoisotopic (exact) mass is 371 g/mol. The van der Waals surface area contributed by atoms with Gasteiger partial charge in [-0.25, -0.2) is 4.39 Å². The van der Waals surface area contributed by atoms with Crippen molar-refractivity contribution >= 4 is 17.3 Å². The number of rotatable bonds is 5. The second-order valence-corrected chi connectivity index (χ2v) is 6.72. The van der Waals surface area contributed by atoms with Crippen LogP contribution in [0.15, 0.2) is 36.4 Å². The Bertz CT molecular complexity index is 817. The van der Waals surface area contributed by atoms with Gasteiger partial charge in [-0.1, -0.05) is 6.92 Å². The number of piperazine rings is 1. The van der Waals surface area contributed by atoms with Crippen molar-refractivity contribution in [3.63, 3.8) is 0 Å². The molecule has 5 nitrogen and oxygen atoms in total. The molecule has 0 unspecified atom stereocenters. The standard InChI is InChI=1S/C21H26FN3O2/c1-4-24-9-11-25(12-10-24)17-6-7-19(15(2)13-17)23-21(26)18-14-16(22)5-8-20(18)27-3/h5-8,13-14H,4,9-12H2,1-3H3,(H,23,26). The highest BCUT2D eigenvalue weighted by atomic mass is 19.1. The molecule has 0 radical (unpaired) electrons. The lowest BCUT2D eigenvalue weighted by Crippen LogP contribution is -2.46. The molecule has 2 aromatic carbocycles. The van der Waals surface area contributed by atoms with Crippen LogP contribution in [0.25, 0.3) is 0 Å². The molecule has 0 atom stereocenters. The van der Waals surface area contributed by atoms with Crippen LogP contribution in [0.1, 0.15) is 22.8 Å². The van der Waals surface area contributed by atoms with E-state index in [9.17, 15) is 9.18 Å². The maximum absolute atomic E-state index is 13.5. The van der Waals surface area contributed by atoms with Crippen LogP contribution in [0.5, 0.6) is 5.75 Å². The summed E-state index contributed by atoms with van der Waals surface area (Å²) in [5.41, 5.74) is 3.01. The van der Waals surface area contributed by atoms with E-state index in [1.807, 2.05) is 19.1 Å². The molecule has 0 spiro atoms. The molecule has 1 aliphatic heterocycles. The highest BCUT2D eigenvalue weighted by Crippen LogP contribution is 2.26.